The third kappa shape index (κ3) is 4.92. The van der Waals surface area contributed by atoms with Crippen LogP contribution in [0.25, 0.3) is 0 Å². The van der Waals surface area contributed by atoms with Crippen molar-refractivity contribution in [1.29, 1.82) is 0 Å². The molecule has 0 saturated heterocycles. The van der Waals surface area contributed by atoms with Crippen LogP contribution in [0.3, 0.4) is 0 Å². The molecule has 2 aromatic heterocycles. The molecule has 31 heavy (non-hydrogen) atoms. The molecule has 0 unspecified atom stereocenters. The van der Waals surface area contributed by atoms with E-state index in [1.165, 1.54) is 37.8 Å². The van der Waals surface area contributed by atoms with Crippen LogP contribution in [0.1, 0.15) is 55.4 Å². The molecule has 3 aromatic rings. The van der Waals surface area contributed by atoms with E-state index < -0.39 is 0 Å². The number of para-hydroxylation sites is 2. The summed E-state index contributed by atoms with van der Waals surface area (Å²) in [6, 6.07) is 8.14. The molecule has 4 rings (SSSR count). The van der Waals surface area contributed by atoms with Crippen LogP contribution in [0.15, 0.2) is 29.4 Å². The van der Waals surface area contributed by atoms with Crippen LogP contribution in [-0.2, 0) is 5.75 Å². The van der Waals surface area contributed by atoms with Gasteiger partial charge in [0.1, 0.15) is 11.6 Å². The molecule has 3 N–H and O–H groups in total. The lowest BCUT2D eigenvalue weighted by Gasteiger charge is -2.26. The van der Waals surface area contributed by atoms with Crippen molar-refractivity contribution in [3.05, 3.63) is 41.5 Å². The van der Waals surface area contributed by atoms with Crippen molar-refractivity contribution in [3.63, 3.8) is 0 Å². The second kappa shape index (κ2) is 9.55. The first kappa shape index (κ1) is 21.4. The maximum Gasteiger partial charge on any atom is 0.232 e. The third-order valence-electron chi connectivity index (χ3n) is 5.68. The molecule has 2 heterocycles. The fraction of sp³-hybridized carbons (Fsp3) is 0.455. The van der Waals surface area contributed by atoms with Crippen molar-refractivity contribution in [1.82, 2.24) is 24.5 Å². The van der Waals surface area contributed by atoms with E-state index in [1.54, 1.807) is 18.9 Å². The Hall–Kier alpha value is -2.81. The highest BCUT2D eigenvalue weighted by molar-refractivity contribution is 7.98. The average Bonchev–Trinajstić information content (AvgIpc) is 3.06. The van der Waals surface area contributed by atoms with Gasteiger partial charge < -0.3 is 20.4 Å². The van der Waals surface area contributed by atoms with E-state index in [9.17, 15) is 0 Å². The van der Waals surface area contributed by atoms with E-state index in [-0.39, 0.29) is 5.95 Å². The predicted octanol–water partition coefficient (Wildman–Crippen LogP) is 4.82. The zero-order valence-electron chi connectivity index (χ0n) is 18.3. The molecule has 0 bridgehead atoms. The molecule has 0 amide bonds. The summed E-state index contributed by atoms with van der Waals surface area (Å²) < 4.78 is 7.80. The lowest BCUT2D eigenvalue weighted by atomic mass is 9.95. The number of nitrogens with zero attached hydrogens (tertiary/aromatic N) is 5. The van der Waals surface area contributed by atoms with Gasteiger partial charge in [-0.2, -0.15) is 15.0 Å². The van der Waals surface area contributed by atoms with Gasteiger partial charge >= 0.3 is 0 Å². The summed E-state index contributed by atoms with van der Waals surface area (Å²) in [5.41, 5.74) is 9.07. The molecule has 1 saturated carbocycles. The van der Waals surface area contributed by atoms with Crippen molar-refractivity contribution in [2.75, 3.05) is 18.2 Å². The molecule has 164 valence electrons. The summed E-state index contributed by atoms with van der Waals surface area (Å²) in [6.45, 7) is 4.24. The molecule has 1 aromatic carbocycles. The van der Waals surface area contributed by atoms with E-state index in [4.69, 9.17) is 15.5 Å². The number of rotatable bonds is 7. The second-order valence-electron chi connectivity index (χ2n) is 7.77. The molecular formula is C22H29N7OS. The number of hydrogen-bond acceptors (Lipinski definition) is 8. The Kier molecular flexibility index (Phi) is 6.60. The van der Waals surface area contributed by atoms with Gasteiger partial charge in [-0.25, -0.2) is 4.98 Å². The van der Waals surface area contributed by atoms with Crippen LogP contribution in [0.2, 0.25) is 0 Å². The maximum atomic E-state index is 5.96. The lowest BCUT2D eigenvalue weighted by molar-refractivity contribution is 0.332. The Labute approximate surface area is 187 Å². The minimum Gasteiger partial charge on any atom is -0.495 e. The monoisotopic (exact) mass is 439 g/mol. The average molecular weight is 440 g/mol. The zero-order valence-corrected chi connectivity index (χ0v) is 19.1. The first-order valence-electron chi connectivity index (χ1n) is 10.6. The SMILES string of the molecule is COc1ccccc1Nc1nc(N)nc(CSc2nc(C)c(C)n2C2CCCCC2)n1. The van der Waals surface area contributed by atoms with Gasteiger partial charge in [0.05, 0.1) is 24.2 Å². The molecule has 1 aliphatic rings. The smallest absolute Gasteiger partial charge is 0.232 e. The highest BCUT2D eigenvalue weighted by atomic mass is 32.2. The topological polar surface area (TPSA) is 104 Å². The largest absolute Gasteiger partial charge is 0.495 e. The van der Waals surface area contributed by atoms with Gasteiger partial charge in [-0.3, -0.25) is 0 Å². The molecule has 1 aliphatic carbocycles. The molecule has 0 radical (unpaired) electrons. The number of anilines is 3. The van der Waals surface area contributed by atoms with Crippen molar-refractivity contribution in [3.8, 4) is 5.75 Å². The summed E-state index contributed by atoms with van der Waals surface area (Å²) in [7, 11) is 1.63. The van der Waals surface area contributed by atoms with Crippen LogP contribution in [0.4, 0.5) is 17.6 Å². The number of methoxy groups -OCH3 is 1. The minimum absolute atomic E-state index is 0.186. The van der Waals surface area contributed by atoms with E-state index in [2.05, 4.69) is 38.7 Å². The third-order valence-corrected chi connectivity index (χ3v) is 6.63. The molecule has 1 fully saturated rings. The number of nitrogens with two attached hydrogens (primary N) is 1. The Balaban J connectivity index is 1.52. The summed E-state index contributed by atoms with van der Waals surface area (Å²) in [5.74, 6) is 2.47. The summed E-state index contributed by atoms with van der Waals surface area (Å²) in [4.78, 5) is 17.9. The summed E-state index contributed by atoms with van der Waals surface area (Å²) in [6.07, 6.45) is 6.34. The van der Waals surface area contributed by atoms with E-state index in [0.29, 0.717) is 29.3 Å². The lowest BCUT2D eigenvalue weighted by Crippen LogP contribution is -2.15. The Morgan fingerprint density at radius 1 is 1.10 bits per heavy atom. The van der Waals surface area contributed by atoms with E-state index in [1.807, 2.05) is 24.3 Å². The standard InChI is InChI=1S/C22H29N7OS/c1-14-15(2)29(16-9-5-4-6-10-16)22(24-14)31-13-19-26-20(23)28-21(27-19)25-17-11-7-8-12-18(17)30-3/h7-8,11-12,16H,4-6,9-10,13H2,1-3H3,(H3,23,25,26,27,28). The number of benzene rings is 1. The van der Waals surface area contributed by atoms with Crippen molar-refractivity contribution in [2.45, 2.75) is 62.9 Å². The van der Waals surface area contributed by atoms with Gasteiger partial charge in [0.25, 0.3) is 0 Å². The Morgan fingerprint density at radius 3 is 2.65 bits per heavy atom. The normalized spacial score (nSPS) is 14.5. The van der Waals surface area contributed by atoms with Crippen LogP contribution >= 0.6 is 11.8 Å². The molecule has 0 spiro atoms. The van der Waals surface area contributed by atoms with Crippen molar-refractivity contribution >= 4 is 29.3 Å². The van der Waals surface area contributed by atoms with Gasteiger partial charge in [0, 0.05) is 11.7 Å². The van der Waals surface area contributed by atoms with Crippen molar-refractivity contribution < 1.29 is 4.74 Å². The number of nitrogens with one attached hydrogen (secondary N) is 1. The second-order valence-corrected chi connectivity index (χ2v) is 8.72. The predicted molar refractivity (Wildman–Crippen MR) is 124 cm³/mol. The molecule has 0 atom stereocenters. The molecular weight excluding hydrogens is 410 g/mol. The van der Waals surface area contributed by atoms with Gasteiger partial charge in [0.15, 0.2) is 5.16 Å². The van der Waals surface area contributed by atoms with Gasteiger partial charge in [-0.15, -0.1) is 0 Å². The highest BCUT2D eigenvalue weighted by Gasteiger charge is 2.22. The van der Waals surface area contributed by atoms with Gasteiger partial charge in [-0.1, -0.05) is 43.2 Å². The number of ether oxygens (including phenoxy) is 1. The van der Waals surface area contributed by atoms with Crippen LogP contribution in [-0.4, -0.2) is 31.6 Å². The number of hydrogen-bond donors (Lipinski definition) is 2. The quantitative estimate of drug-likeness (QED) is 0.505. The van der Waals surface area contributed by atoms with Crippen LogP contribution < -0.4 is 15.8 Å². The number of thioether (sulfide) groups is 1. The zero-order chi connectivity index (χ0) is 21.8. The number of aryl methyl sites for hydroxylation is 1. The number of aromatic nitrogens is 5. The summed E-state index contributed by atoms with van der Waals surface area (Å²) in [5, 5.41) is 4.21. The minimum atomic E-state index is 0.186. The maximum absolute atomic E-state index is 5.96. The molecule has 9 heteroatoms. The van der Waals surface area contributed by atoms with E-state index >= 15 is 0 Å². The van der Waals surface area contributed by atoms with Crippen LogP contribution in [0.5, 0.6) is 5.75 Å². The van der Waals surface area contributed by atoms with Crippen molar-refractivity contribution in [2.24, 2.45) is 0 Å². The van der Waals surface area contributed by atoms with Gasteiger partial charge in [0.2, 0.25) is 11.9 Å². The highest BCUT2D eigenvalue weighted by Crippen LogP contribution is 2.35. The number of imidazole rings is 1. The Morgan fingerprint density at radius 2 is 1.87 bits per heavy atom. The number of nitrogen functional groups attached to an aromatic ring is 1. The van der Waals surface area contributed by atoms with Gasteiger partial charge in [-0.05, 0) is 38.8 Å². The first-order valence-corrected chi connectivity index (χ1v) is 11.6. The fourth-order valence-electron chi connectivity index (χ4n) is 4.02. The molecule has 0 aliphatic heterocycles. The van der Waals surface area contributed by atoms with E-state index in [0.717, 1.165) is 16.5 Å². The summed E-state index contributed by atoms with van der Waals surface area (Å²) >= 11 is 1.65. The van der Waals surface area contributed by atoms with Crippen LogP contribution in [0, 0.1) is 13.8 Å². The Bertz CT molecular complexity index is 1050. The fourth-order valence-corrected chi connectivity index (χ4v) is 5.04. The molecule has 8 nitrogen and oxygen atoms in total. The first-order chi connectivity index (χ1) is 15.0.